The van der Waals surface area contributed by atoms with E-state index < -0.39 is 0 Å². The zero-order valence-electron chi connectivity index (χ0n) is 7.84. The predicted octanol–water partition coefficient (Wildman–Crippen LogP) is 2.98. The van der Waals surface area contributed by atoms with Crippen LogP contribution in [0.5, 0.6) is 0 Å². The minimum absolute atomic E-state index is 0.198. The third-order valence-corrected chi connectivity index (χ3v) is 4.61. The zero-order chi connectivity index (χ0) is 10.7. The number of halogens is 2. The van der Waals surface area contributed by atoms with Crippen LogP contribution >= 0.6 is 38.9 Å². The molecule has 0 aliphatic carbocycles. The van der Waals surface area contributed by atoms with Crippen molar-refractivity contribution in [3.8, 4) is 0 Å². The molecule has 0 aliphatic rings. The molecule has 3 N–H and O–H groups in total. The molecule has 0 aliphatic heterocycles. The van der Waals surface area contributed by atoms with Crippen molar-refractivity contribution in [3.05, 3.63) is 19.8 Å². The lowest BCUT2D eigenvalue weighted by Crippen LogP contribution is -2.16. The molecule has 0 saturated heterocycles. The SMILES string of the molecule is CC(O)CC(CN)c1cc(Br)c(Cl)s1. The van der Waals surface area contributed by atoms with Gasteiger partial charge < -0.3 is 10.8 Å². The lowest BCUT2D eigenvalue weighted by atomic mass is 10.0. The van der Waals surface area contributed by atoms with Crippen LogP contribution in [0.15, 0.2) is 10.5 Å². The summed E-state index contributed by atoms with van der Waals surface area (Å²) < 4.78 is 1.65. The summed E-state index contributed by atoms with van der Waals surface area (Å²) in [4.78, 5) is 1.13. The van der Waals surface area contributed by atoms with Gasteiger partial charge in [0.15, 0.2) is 0 Å². The van der Waals surface area contributed by atoms with Gasteiger partial charge in [-0.1, -0.05) is 11.6 Å². The van der Waals surface area contributed by atoms with Crippen LogP contribution in [0.2, 0.25) is 4.34 Å². The lowest BCUT2D eigenvalue weighted by molar-refractivity contribution is 0.175. The maximum absolute atomic E-state index is 9.30. The highest BCUT2D eigenvalue weighted by Gasteiger charge is 2.16. The quantitative estimate of drug-likeness (QED) is 0.897. The summed E-state index contributed by atoms with van der Waals surface area (Å²) in [6.45, 7) is 2.31. The van der Waals surface area contributed by atoms with Crippen molar-refractivity contribution >= 4 is 38.9 Å². The van der Waals surface area contributed by atoms with Gasteiger partial charge in [-0.25, -0.2) is 0 Å². The van der Waals surface area contributed by atoms with Gasteiger partial charge >= 0.3 is 0 Å². The van der Waals surface area contributed by atoms with E-state index >= 15 is 0 Å². The second kappa shape index (κ2) is 5.47. The molecule has 0 spiro atoms. The van der Waals surface area contributed by atoms with Crippen LogP contribution in [0.4, 0.5) is 0 Å². The number of aliphatic hydroxyl groups is 1. The molecule has 1 heterocycles. The van der Waals surface area contributed by atoms with Crippen LogP contribution < -0.4 is 5.73 Å². The van der Waals surface area contributed by atoms with E-state index in [-0.39, 0.29) is 12.0 Å². The molecular formula is C9H13BrClNOS. The number of rotatable bonds is 4. The van der Waals surface area contributed by atoms with Gasteiger partial charge in [0.05, 0.1) is 6.10 Å². The van der Waals surface area contributed by atoms with Gasteiger partial charge in [0.25, 0.3) is 0 Å². The largest absolute Gasteiger partial charge is 0.393 e. The molecule has 2 nitrogen and oxygen atoms in total. The molecule has 0 saturated carbocycles. The Bertz CT molecular complexity index is 284. The van der Waals surface area contributed by atoms with Crippen LogP contribution in [0.25, 0.3) is 0 Å². The van der Waals surface area contributed by atoms with Gasteiger partial charge in [-0.3, -0.25) is 0 Å². The van der Waals surface area contributed by atoms with Crippen molar-refractivity contribution in [2.75, 3.05) is 6.54 Å². The van der Waals surface area contributed by atoms with Crippen molar-refractivity contribution in [2.24, 2.45) is 5.73 Å². The average molecular weight is 299 g/mol. The van der Waals surface area contributed by atoms with E-state index in [0.717, 1.165) is 13.7 Å². The van der Waals surface area contributed by atoms with Crippen molar-refractivity contribution in [2.45, 2.75) is 25.4 Å². The summed E-state index contributed by atoms with van der Waals surface area (Å²) in [6.07, 6.45) is 0.350. The van der Waals surface area contributed by atoms with Gasteiger partial charge in [0.2, 0.25) is 0 Å². The minimum atomic E-state index is -0.330. The molecule has 1 rings (SSSR count). The fourth-order valence-electron chi connectivity index (χ4n) is 1.30. The number of aliphatic hydroxyl groups excluding tert-OH is 1. The smallest absolute Gasteiger partial charge is 0.107 e. The first-order valence-electron chi connectivity index (χ1n) is 4.37. The van der Waals surface area contributed by atoms with Gasteiger partial charge in [-0.15, -0.1) is 11.3 Å². The van der Waals surface area contributed by atoms with Gasteiger partial charge in [-0.2, -0.15) is 0 Å². The fourth-order valence-corrected chi connectivity index (χ4v) is 3.17. The summed E-state index contributed by atoms with van der Waals surface area (Å²) >= 11 is 10.8. The van der Waals surface area contributed by atoms with E-state index in [1.165, 1.54) is 11.3 Å². The summed E-state index contributed by atoms with van der Waals surface area (Å²) in [7, 11) is 0. The number of thiophene rings is 1. The van der Waals surface area contributed by atoms with E-state index in [1.54, 1.807) is 6.92 Å². The maximum Gasteiger partial charge on any atom is 0.107 e. The van der Waals surface area contributed by atoms with Crippen LogP contribution in [0.1, 0.15) is 24.1 Å². The average Bonchev–Trinajstić information content (AvgIpc) is 2.42. The van der Waals surface area contributed by atoms with Gasteiger partial charge in [-0.05, 0) is 35.3 Å². The Hall–Kier alpha value is 0.390. The number of hydrogen-bond donors (Lipinski definition) is 2. The Morgan fingerprint density at radius 3 is 2.71 bits per heavy atom. The predicted molar refractivity (Wildman–Crippen MR) is 65.1 cm³/mol. The second-order valence-electron chi connectivity index (χ2n) is 3.29. The molecular weight excluding hydrogens is 286 g/mol. The Balaban J connectivity index is 2.78. The summed E-state index contributed by atoms with van der Waals surface area (Å²) in [5.74, 6) is 0.198. The van der Waals surface area contributed by atoms with E-state index in [1.807, 2.05) is 6.07 Å². The first-order valence-corrected chi connectivity index (χ1v) is 6.36. The first-order chi connectivity index (χ1) is 6.54. The number of nitrogens with two attached hydrogens (primary N) is 1. The van der Waals surface area contributed by atoms with Crippen molar-refractivity contribution in [3.63, 3.8) is 0 Å². The zero-order valence-corrected chi connectivity index (χ0v) is 11.0. The maximum atomic E-state index is 9.30. The molecule has 0 fully saturated rings. The Labute approximate surface area is 101 Å². The molecule has 1 aromatic heterocycles. The Morgan fingerprint density at radius 1 is 1.71 bits per heavy atom. The van der Waals surface area contributed by atoms with E-state index in [9.17, 15) is 5.11 Å². The molecule has 80 valence electrons. The molecule has 0 aromatic carbocycles. The van der Waals surface area contributed by atoms with Crippen LogP contribution in [0, 0.1) is 0 Å². The molecule has 0 radical (unpaired) electrons. The standard InChI is InChI=1S/C9H13BrClNOS/c1-5(13)2-6(4-12)8-3-7(10)9(11)14-8/h3,5-6,13H,2,4,12H2,1H3. The van der Waals surface area contributed by atoms with Gasteiger partial charge in [0.1, 0.15) is 4.34 Å². The van der Waals surface area contributed by atoms with E-state index in [2.05, 4.69) is 15.9 Å². The fraction of sp³-hybridized carbons (Fsp3) is 0.556. The first kappa shape index (κ1) is 12.5. The van der Waals surface area contributed by atoms with Crippen LogP contribution in [0.3, 0.4) is 0 Å². The van der Waals surface area contributed by atoms with Gasteiger partial charge in [0, 0.05) is 21.8 Å². The van der Waals surface area contributed by atoms with Crippen molar-refractivity contribution < 1.29 is 5.11 Å². The highest BCUT2D eigenvalue weighted by atomic mass is 79.9. The molecule has 1 aromatic rings. The topological polar surface area (TPSA) is 46.2 Å². The normalized spacial score (nSPS) is 15.5. The highest BCUT2D eigenvalue weighted by Crippen LogP contribution is 2.36. The van der Waals surface area contributed by atoms with Crippen LogP contribution in [-0.2, 0) is 0 Å². The molecule has 5 heteroatoms. The summed E-state index contributed by atoms with van der Waals surface area (Å²) in [6, 6.07) is 1.98. The summed E-state index contributed by atoms with van der Waals surface area (Å²) in [5, 5.41) is 9.30. The van der Waals surface area contributed by atoms with E-state index in [4.69, 9.17) is 17.3 Å². The summed E-state index contributed by atoms with van der Waals surface area (Å²) in [5.41, 5.74) is 5.65. The number of hydrogen-bond acceptors (Lipinski definition) is 3. The van der Waals surface area contributed by atoms with E-state index in [0.29, 0.717) is 13.0 Å². The third-order valence-electron chi connectivity index (χ3n) is 1.98. The minimum Gasteiger partial charge on any atom is -0.393 e. The second-order valence-corrected chi connectivity index (χ2v) is 5.83. The molecule has 2 atom stereocenters. The Morgan fingerprint density at radius 2 is 2.36 bits per heavy atom. The monoisotopic (exact) mass is 297 g/mol. The molecule has 0 amide bonds. The molecule has 2 unspecified atom stereocenters. The highest BCUT2D eigenvalue weighted by molar-refractivity contribution is 9.10. The molecule has 14 heavy (non-hydrogen) atoms. The van der Waals surface area contributed by atoms with Crippen molar-refractivity contribution in [1.82, 2.24) is 0 Å². The Kier molecular flexibility index (Phi) is 4.87. The lowest BCUT2D eigenvalue weighted by Gasteiger charge is -2.14. The van der Waals surface area contributed by atoms with Crippen molar-refractivity contribution in [1.29, 1.82) is 0 Å². The third kappa shape index (κ3) is 3.21. The molecule has 0 bridgehead atoms. The van der Waals surface area contributed by atoms with Crippen LogP contribution in [-0.4, -0.2) is 17.8 Å².